The Bertz CT molecular complexity index is 158. The topological polar surface area (TPSA) is 38.3 Å². The highest BCUT2D eigenvalue weighted by Crippen LogP contribution is 1.99. The molecule has 0 aliphatic heterocycles. The van der Waals surface area contributed by atoms with Gasteiger partial charge in [0, 0.05) is 25.7 Å². The highest BCUT2D eigenvalue weighted by Gasteiger charge is 2.04. The lowest BCUT2D eigenvalue weighted by molar-refractivity contribution is -0.123. The fraction of sp³-hybridized carbons (Fsp3) is 0.929. The van der Waals surface area contributed by atoms with Gasteiger partial charge in [-0.2, -0.15) is 0 Å². The van der Waals surface area contributed by atoms with Crippen molar-refractivity contribution in [2.75, 3.05) is 19.8 Å². The van der Waals surface area contributed by atoms with Gasteiger partial charge >= 0.3 is 0 Å². The predicted molar refractivity (Wildman–Crippen MR) is 74.2 cm³/mol. The SMILES string of the molecule is CC.CCOCCCCCCNC(=O)C(C)C. The first-order valence-electron chi connectivity index (χ1n) is 7.04. The average Bonchev–Trinajstić information content (AvgIpc) is 2.34. The third-order valence-corrected chi connectivity index (χ3v) is 2.24. The van der Waals surface area contributed by atoms with E-state index in [1.54, 1.807) is 0 Å². The van der Waals surface area contributed by atoms with E-state index in [1.807, 2.05) is 34.6 Å². The van der Waals surface area contributed by atoms with Gasteiger partial charge in [-0.05, 0) is 19.8 Å². The molecule has 0 aromatic carbocycles. The fourth-order valence-corrected chi connectivity index (χ4v) is 1.24. The molecular weight excluding hydrogens is 214 g/mol. The number of hydrogen-bond acceptors (Lipinski definition) is 2. The summed E-state index contributed by atoms with van der Waals surface area (Å²) < 4.78 is 5.24. The number of carbonyl (C=O) groups excluding carboxylic acids is 1. The summed E-state index contributed by atoms with van der Waals surface area (Å²) in [6, 6.07) is 0. The summed E-state index contributed by atoms with van der Waals surface area (Å²) in [4.78, 5) is 11.2. The summed E-state index contributed by atoms with van der Waals surface area (Å²) in [5, 5.41) is 2.91. The number of nitrogens with one attached hydrogen (secondary N) is 1. The fourth-order valence-electron chi connectivity index (χ4n) is 1.24. The van der Waals surface area contributed by atoms with Gasteiger partial charge in [0.1, 0.15) is 0 Å². The number of carbonyl (C=O) groups is 1. The van der Waals surface area contributed by atoms with Crippen molar-refractivity contribution in [3.05, 3.63) is 0 Å². The minimum Gasteiger partial charge on any atom is -0.382 e. The summed E-state index contributed by atoms with van der Waals surface area (Å²) in [7, 11) is 0. The zero-order valence-electron chi connectivity index (χ0n) is 12.3. The average molecular weight is 245 g/mol. The molecule has 0 rings (SSSR count). The molecule has 0 atom stereocenters. The van der Waals surface area contributed by atoms with Gasteiger partial charge in [0.25, 0.3) is 0 Å². The second kappa shape index (κ2) is 15.4. The van der Waals surface area contributed by atoms with E-state index in [9.17, 15) is 4.79 Å². The zero-order valence-corrected chi connectivity index (χ0v) is 12.3. The third kappa shape index (κ3) is 15.4. The minimum absolute atomic E-state index is 0.1000. The first-order valence-corrected chi connectivity index (χ1v) is 7.04. The van der Waals surface area contributed by atoms with Crippen LogP contribution in [0.1, 0.15) is 60.3 Å². The molecule has 1 amide bonds. The molecule has 1 N–H and O–H groups in total. The molecule has 3 heteroatoms. The molecule has 0 unspecified atom stereocenters. The maximum absolute atomic E-state index is 11.2. The van der Waals surface area contributed by atoms with Gasteiger partial charge in [0.15, 0.2) is 0 Å². The second-order valence-electron chi connectivity index (χ2n) is 4.06. The minimum atomic E-state index is 0.1000. The molecule has 3 nitrogen and oxygen atoms in total. The standard InChI is InChI=1S/C12H25NO2.C2H6/c1-4-15-10-8-6-5-7-9-13-12(14)11(2)3;1-2/h11H,4-10H2,1-3H3,(H,13,14);1-2H3. The lowest BCUT2D eigenvalue weighted by atomic mass is 10.2. The molecule has 0 saturated carbocycles. The number of rotatable bonds is 9. The van der Waals surface area contributed by atoms with E-state index in [-0.39, 0.29) is 11.8 Å². The summed E-state index contributed by atoms with van der Waals surface area (Å²) >= 11 is 0. The number of hydrogen-bond donors (Lipinski definition) is 1. The summed E-state index contributed by atoms with van der Waals surface area (Å²) in [6.07, 6.45) is 4.57. The maximum Gasteiger partial charge on any atom is 0.222 e. The van der Waals surface area contributed by atoms with Crippen molar-refractivity contribution in [2.24, 2.45) is 5.92 Å². The highest BCUT2D eigenvalue weighted by molar-refractivity contribution is 5.77. The van der Waals surface area contributed by atoms with Gasteiger partial charge in [-0.15, -0.1) is 0 Å². The van der Waals surface area contributed by atoms with Crippen molar-refractivity contribution in [1.29, 1.82) is 0 Å². The van der Waals surface area contributed by atoms with Crippen LogP contribution in [0.25, 0.3) is 0 Å². The quantitative estimate of drug-likeness (QED) is 0.632. The maximum atomic E-state index is 11.2. The van der Waals surface area contributed by atoms with E-state index in [4.69, 9.17) is 4.74 Å². The van der Waals surface area contributed by atoms with Crippen LogP contribution in [0.15, 0.2) is 0 Å². The van der Waals surface area contributed by atoms with Crippen molar-refractivity contribution in [3.63, 3.8) is 0 Å². The smallest absolute Gasteiger partial charge is 0.222 e. The van der Waals surface area contributed by atoms with Crippen LogP contribution in [0, 0.1) is 5.92 Å². The lowest BCUT2D eigenvalue weighted by Gasteiger charge is -2.07. The molecule has 0 aromatic heterocycles. The van der Waals surface area contributed by atoms with Crippen molar-refractivity contribution in [2.45, 2.75) is 60.3 Å². The van der Waals surface area contributed by atoms with Crippen LogP contribution in [0.4, 0.5) is 0 Å². The largest absolute Gasteiger partial charge is 0.382 e. The van der Waals surface area contributed by atoms with Gasteiger partial charge in [-0.1, -0.05) is 40.5 Å². The Hall–Kier alpha value is -0.570. The highest BCUT2D eigenvalue weighted by atomic mass is 16.5. The van der Waals surface area contributed by atoms with Crippen LogP contribution in [0.5, 0.6) is 0 Å². The molecule has 0 aliphatic rings. The molecule has 0 spiro atoms. The van der Waals surface area contributed by atoms with Gasteiger partial charge in [0.2, 0.25) is 5.91 Å². The molecule has 0 heterocycles. The monoisotopic (exact) mass is 245 g/mol. The molecule has 0 aromatic rings. The first kappa shape index (κ1) is 18.8. The third-order valence-electron chi connectivity index (χ3n) is 2.24. The van der Waals surface area contributed by atoms with Crippen LogP contribution in [0.2, 0.25) is 0 Å². The molecule has 0 aliphatic carbocycles. The molecule has 0 saturated heterocycles. The molecule has 0 bridgehead atoms. The van der Waals surface area contributed by atoms with Crippen molar-refractivity contribution in [3.8, 4) is 0 Å². The Kier molecular flexibility index (Phi) is 17.1. The van der Waals surface area contributed by atoms with E-state index in [0.29, 0.717) is 0 Å². The van der Waals surface area contributed by atoms with E-state index < -0.39 is 0 Å². The summed E-state index contributed by atoms with van der Waals surface area (Å²) in [6.45, 7) is 12.3. The van der Waals surface area contributed by atoms with E-state index in [1.165, 1.54) is 12.8 Å². The van der Waals surface area contributed by atoms with E-state index in [2.05, 4.69) is 5.32 Å². The van der Waals surface area contributed by atoms with Crippen molar-refractivity contribution < 1.29 is 9.53 Å². The Balaban J connectivity index is 0. The second-order valence-corrected chi connectivity index (χ2v) is 4.06. The number of amides is 1. The molecule has 0 fully saturated rings. The predicted octanol–water partition coefficient (Wildman–Crippen LogP) is 3.38. The Morgan fingerprint density at radius 3 is 2.24 bits per heavy atom. The first-order chi connectivity index (χ1) is 8.18. The van der Waals surface area contributed by atoms with Crippen molar-refractivity contribution in [1.82, 2.24) is 5.32 Å². The van der Waals surface area contributed by atoms with Crippen LogP contribution in [0.3, 0.4) is 0 Å². The Labute approximate surface area is 107 Å². The molecule has 104 valence electrons. The number of unbranched alkanes of at least 4 members (excludes halogenated alkanes) is 3. The normalized spacial score (nSPS) is 9.76. The van der Waals surface area contributed by atoms with Gasteiger partial charge in [-0.25, -0.2) is 0 Å². The van der Waals surface area contributed by atoms with Crippen LogP contribution in [-0.4, -0.2) is 25.7 Å². The number of ether oxygens (including phenoxy) is 1. The Morgan fingerprint density at radius 1 is 1.12 bits per heavy atom. The van der Waals surface area contributed by atoms with Crippen molar-refractivity contribution >= 4 is 5.91 Å². The van der Waals surface area contributed by atoms with Crippen LogP contribution in [-0.2, 0) is 9.53 Å². The van der Waals surface area contributed by atoms with E-state index >= 15 is 0 Å². The molecule has 17 heavy (non-hydrogen) atoms. The van der Waals surface area contributed by atoms with Gasteiger partial charge in [-0.3, -0.25) is 4.79 Å². The van der Waals surface area contributed by atoms with Crippen LogP contribution < -0.4 is 5.32 Å². The summed E-state index contributed by atoms with van der Waals surface area (Å²) in [5.74, 6) is 0.257. The van der Waals surface area contributed by atoms with Gasteiger partial charge in [0.05, 0.1) is 0 Å². The summed E-state index contributed by atoms with van der Waals surface area (Å²) in [5.41, 5.74) is 0. The lowest BCUT2D eigenvalue weighted by Crippen LogP contribution is -2.28. The Morgan fingerprint density at radius 2 is 1.71 bits per heavy atom. The zero-order chi connectivity index (χ0) is 13.5. The van der Waals surface area contributed by atoms with Crippen LogP contribution >= 0.6 is 0 Å². The van der Waals surface area contributed by atoms with E-state index in [0.717, 1.165) is 32.6 Å². The van der Waals surface area contributed by atoms with Gasteiger partial charge < -0.3 is 10.1 Å². The molecular formula is C14H31NO2. The molecule has 0 radical (unpaired) electrons.